The minimum absolute atomic E-state index is 0.131. The zero-order valence-electron chi connectivity index (χ0n) is 21.4. The monoisotopic (exact) mass is 525 g/mol. The van der Waals surface area contributed by atoms with E-state index in [9.17, 15) is 23.1 Å². The van der Waals surface area contributed by atoms with E-state index in [0.29, 0.717) is 37.4 Å². The second kappa shape index (κ2) is 10.1. The van der Waals surface area contributed by atoms with Gasteiger partial charge in [-0.1, -0.05) is 6.07 Å². The molecule has 196 valence electrons. The first-order valence-electron chi connectivity index (χ1n) is 11.9. The van der Waals surface area contributed by atoms with Gasteiger partial charge in [-0.25, -0.2) is 13.4 Å². The Labute approximate surface area is 216 Å². The average Bonchev–Trinajstić information content (AvgIpc) is 2.85. The van der Waals surface area contributed by atoms with Gasteiger partial charge in [-0.15, -0.1) is 0 Å². The maximum Gasteiger partial charge on any atom is 0.254 e. The number of nitrogens with zero attached hydrogens (tertiary/aromatic N) is 4. The maximum atomic E-state index is 12.7. The first-order valence-corrected chi connectivity index (χ1v) is 13.8. The van der Waals surface area contributed by atoms with Crippen LogP contribution < -0.4 is 10.2 Å². The predicted octanol–water partition coefficient (Wildman–Crippen LogP) is 1.69. The van der Waals surface area contributed by atoms with Crippen molar-refractivity contribution in [2.24, 2.45) is 0 Å². The van der Waals surface area contributed by atoms with Crippen LogP contribution in [0.25, 0.3) is 10.9 Å². The molecule has 2 amide bonds. The van der Waals surface area contributed by atoms with Crippen molar-refractivity contribution in [1.82, 2.24) is 20.2 Å². The van der Waals surface area contributed by atoms with Gasteiger partial charge in [-0.05, 0) is 56.7 Å². The van der Waals surface area contributed by atoms with Gasteiger partial charge < -0.3 is 20.2 Å². The molecule has 1 fully saturated rings. The molecule has 1 aromatic carbocycles. The molecule has 1 aliphatic rings. The fourth-order valence-corrected chi connectivity index (χ4v) is 5.25. The largest absolute Gasteiger partial charge is 0.381 e. The van der Waals surface area contributed by atoms with Crippen molar-refractivity contribution in [2.75, 3.05) is 37.3 Å². The number of aryl methyl sites for hydroxylation is 1. The number of aliphatic hydroxyl groups is 1. The quantitative estimate of drug-likeness (QED) is 0.497. The fourth-order valence-electron chi connectivity index (χ4n) is 4.26. The number of rotatable bonds is 6. The number of benzene rings is 1. The Balaban J connectivity index is 1.44. The Morgan fingerprint density at radius 2 is 1.78 bits per heavy atom. The minimum atomic E-state index is -3.44. The highest BCUT2D eigenvalue weighted by Crippen LogP contribution is 2.21. The summed E-state index contributed by atoms with van der Waals surface area (Å²) in [6.07, 6.45) is 2.81. The molecule has 2 N–H and O–H groups in total. The number of carbonyl (C=O) groups is 2. The summed E-state index contributed by atoms with van der Waals surface area (Å²) in [5.41, 5.74) is 0.789. The standard InChI is InChI=1S/C26H31N5O5S/c1-17-5-6-18(13-22(17)37(4,35)36)24(32)28-16-20-14-21-19(15-27-20)7-8-23(29-21)30-9-11-31(12-10-30)25(33)26(2,3)34/h5-8,13-15,34H,9-12,16H2,1-4H3,(H,28,32). The van der Waals surface area contributed by atoms with Crippen LogP contribution in [0.2, 0.25) is 0 Å². The van der Waals surface area contributed by atoms with Crippen LogP contribution in [0.1, 0.15) is 35.5 Å². The molecule has 10 nitrogen and oxygen atoms in total. The summed E-state index contributed by atoms with van der Waals surface area (Å²) in [4.78, 5) is 38.1. The summed E-state index contributed by atoms with van der Waals surface area (Å²) in [5, 5.41) is 13.6. The van der Waals surface area contributed by atoms with Gasteiger partial charge in [0.15, 0.2) is 9.84 Å². The number of piperazine rings is 1. The molecule has 3 aromatic rings. The van der Waals surface area contributed by atoms with E-state index in [4.69, 9.17) is 4.98 Å². The first kappa shape index (κ1) is 26.5. The molecule has 3 heterocycles. The summed E-state index contributed by atoms with van der Waals surface area (Å²) in [6.45, 7) is 7.02. The lowest BCUT2D eigenvalue weighted by Crippen LogP contribution is -2.54. The van der Waals surface area contributed by atoms with E-state index in [0.717, 1.165) is 23.0 Å². The highest BCUT2D eigenvalue weighted by molar-refractivity contribution is 7.90. The second-order valence-corrected chi connectivity index (χ2v) is 11.8. The van der Waals surface area contributed by atoms with Gasteiger partial charge in [-0.2, -0.15) is 0 Å². The van der Waals surface area contributed by atoms with Crippen LogP contribution in [0.3, 0.4) is 0 Å². The molecule has 2 aromatic heterocycles. The van der Waals surface area contributed by atoms with Gasteiger partial charge in [0, 0.05) is 49.6 Å². The topological polar surface area (TPSA) is 133 Å². The Morgan fingerprint density at radius 3 is 2.43 bits per heavy atom. The zero-order chi connectivity index (χ0) is 27.0. The summed E-state index contributed by atoms with van der Waals surface area (Å²) in [5.74, 6) is 0.0959. The second-order valence-electron chi connectivity index (χ2n) is 9.81. The van der Waals surface area contributed by atoms with Crippen LogP contribution >= 0.6 is 0 Å². The van der Waals surface area contributed by atoms with E-state index in [1.165, 1.54) is 19.9 Å². The SMILES string of the molecule is Cc1ccc(C(=O)NCc2cc3nc(N4CCN(C(=O)C(C)(C)O)CC4)ccc3cn2)cc1S(C)(=O)=O. The van der Waals surface area contributed by atoms with Crippen molar-refractivity contribution < 1.29 is 23.1 Å². The maximum absolute atomic E-state index is 12.7. The lowest BCUT2D eigenvalue weighted by atomic mass is 10.1. The van der Waals surface area contributed by atoms with Crippen molar-refractivity contribution in [1.29, 1.82) is 0 Å². The number of sulfone groups is 1. The summed E-state index contributed by atoms with van der Waals surface area (Å²) in [7, 11) is -3.44. The number of amides is 2. The van der Waals surface area contributed by atoms with Gasteiger partial charge in [-0.3, -0.25) is 14.6 Å². The average molecular weight is 526 g/mol. The molecule has 0 radical (unpaired) electrons. The number of nitrogens with one attached hydrogen (secondary N) is 1. The van der Waals surface area contributed by atoms with E-state index < -0.39 is 21.3 Å². The summed E-state index contributed by atoms with van der Waals surface area (Å²) < 4.78 is 24.0. The summed E-state index contributed by atoms with van der Waals surface area (Å²) >= 11 is 0. The van der Waals surface area contributed by atoms with Gasteiger partial charge >= 0.3 is 0 Å². The van der Waals surface area contributed by atoms with Crippen molar-refractivity contribution in [3.8, 4) is 0 Å². The van der Waals surface area contributed by atoms with Crippen molar-refractivity contribution in [3.05, 3.63) is 59.4 Å². The van der Waals surface area contributed by atoms with Crippen LogP contribution in [0.5, 0.6) is 0 Å². The number of pyridine rings is 2. The molecule has 4 rings (SSSR count). The molecule has 0 atom stereocenters. The molecule has 0 bridgehead atoms. The first-order chi connectivity index (χ1) is 17.3. The van der Waals surface area contributed by atoms with E-state index in [1.807, 2.05) is 18.2 Å². The number of aromatic nitrogens is 2. The number of fused-ring (bicyclic) bond motifs is 1. The Bertz CT molecular complexity index is 1460. The molecule has 1 saturated heterocycles. The van der Waals surface area contributed by atoms with Gasteiger partial charge in [0.2, 0.25) is 0 Å². The van der Waals surface area contributed by atoms with E-state index in [1.54, 1.807) is 30.2 Å². The van der Waals surface area contributed by atoms with Crippen molar-refractivity contribution in [3.63, 3.8) is 0 Å². The van der Waals surface area contributed by atoms with Crippen LogP contribution in [-0.4, -0.2) is 78.2 Å². The van der Waals surface area contributed by atoms with Crippen molar-refractivity contribution in [2.45, 2.75) is 37.8 Å². The Hall–Kier alpha value is -3.57. The van der Waals surface area contributed by atoms with Crippen LogP contribution in [-0.2, 0) is 21.2 Å². The smallest absolute Gasteiger partial charge is 0.254 e. The predicted molar refractivity (Wildman–Crippen MR) is 140 cm³/mol. The fraction of sp³-hybridized carbons (Fsp3) is 0.385. The van der Waals surface area contributed by atoms with Crippen LogP contribution in [0.4, 0.5) is 5.82 Å². The number of hydrogen-bond acceptors (Lipinski definition) is 8. The van der Waals surface area contributed by atoms with Gasteiger partial charge in [0.25, 0.3) is 11.8 Å². The number of carbonyl (C=O) groups excluding carboxylic acids is 2. The number of anilines is 1. The highest BCUT2D eigenvalue weighted by Gasteiger charge is 2.31. The molecule has 0 saturated carbocycles. The zero-order valence-corrected chi connectivity index (χ0v) is 22.2. The Morgan fingerprint density at radius 1 is 1.08 bits per heavy atom. The van der Waals surface area contributed by atoms with E-state index in [-0.39, 0.29) is 22.9 Å². The molecule has 0 unspecified atom stereocenters. The molecule has 37 heavy (non-hydrogen) atoms. The van der Waals surface area contributed by atoms with E-state index in [2.05, 4.69) is 15.2 Å². The van der Waals surface area contributed by atoms with Crippen LogP contribution in [0.15, 0.2) is 47.5 Å². The lowest BCUT2D eigenvalue weighted by Gasteiger charge is -2.37. The van der Waals surface area contributed by atoms with Gasteiger partial charge in [0.05, 0.1) is 22.7 Å². The van der Waals surface area contributed by atoms with Crippen LogP contribution in [0, 0.1) is 6.92 Å². The molecular formula is C26H31N5O5S. The van der Waals surface area contributed by atoms with Gasteiger partial charge in [0.1, 0.15) is 11.4 Å². The third-order valence-corrected chi connectivity index (χ3v) is 7.55. The number of hydrogen-bond donors (Lipinski definition) is 2. The minimum Gasteiger partial charge on any atom is -0.381 e. The molecule has 11 heteroatoms. The third-order valence-electron chi connectivity index (χ3n) is 6.31. The molecule has 0 aliphatic carbocycles. The van der Waals surface area contributed by atoms with E-state index >= 15 is 0 Å². The third kappa shape index (κ3) is 6.05. The molecule has 0 spiro atoms. The molecular weight excluding hydrogens is 494 g/mol. The normalized spacial score (nSPS) is 14.6. The lowest BCUT2D eigenvalue weighted by molar-refractivity contribution is -0.148. The highest BCUT2D eigenvalue weighted by atomic mass is 32.2. The Kier molecular flexibility index (Phi) is 7.20. The van der Waals surface area contributed by atoms with Crippen molar-refractivity contribution >= 4 is 38.4 Å². The molecule has 1 aliphatic heterocycles. The summed E-state index contributed by atoms with van der Waals surface area (Å²) in [6, 6.07) is 10.2.